The van der Waals surface area contributed by atoms with Crippen molar-refractivity contribution >= 4 is 17.3 Å². The van der Waals surface area contributed by atoms with E-state index in [4.69, 9.17) is 5.73 Å². The Hall–Kier alpha value is -1.43. The molecular formula is C7H9N5S. The summed E-state index contributed by atoms with van der Waals surface area (Å²) in [4.78, 5) is 8.16. The van der Waals surface area contributed by atoms with Gasteiger partial charge in [-0.2, -0.15) is 4.68 Å². The summed E-state index contributed by atoms with van der Waals surface area (Å²) in [7, 11) is 0. The molecule has 0 aliphatic heterocycles. The number of hydrogen-bond donors (Lipinski definition) is 1. The number of nitrogens with two attached hydrogens (primary N) is 1. The van der Waals surface area contributed by atoms with Crippen LogP contribution in [0.4, 0.5) is 5.95 Å². The number of nitrogen functional groups attached to an aromatic ring is 1. The fourth-order valence-electron chi connectivity index (χ4n) is 0.932. The molecule has 0 aliphatic carbocycles. The van der Waals surface area contributed by atoms with Crippen molar-refractivity contribution in [2.45, 2.75) is 13.3 Å². The number of nitrogens with zero attached hydrogens (tertiary/aromatic N) is 4. The first-order valence-electron chi connectivity index (χ1n) is 3.91. The zero-order valence-corrected chi connectivity index (χ0v) is 7.95. The molecule has 0 radical (unpaired) electrons. The maximum absolute atomic E-state index is 5.39. The number of aryl methyl sites for hydroxylation is 1. The van der Waals surface area contributed by atoms with Gasteiger partial charge in [-0.05, 0) is 6.42 Å². The Morgan fingerprint density at radius 2 is 2.46 bits per heavy atom. The molecule has 2 aromatic rings. The number of aromatic nitrogens is 4. The molecule has 68 valence electrons. The normalized spacial score (nSPS) is 10.5. The highest BCUT2D eigenvalue weighted by molar-refractivity contribution is 7.12. The topological polar surface area (TPSA) is 69.6 Å². The van der Waals surface area contributed by atoms with Crippen LogP contribution in [0.25, 0.3) is 5.13 Å². The van der Waals surface area contributed by atoms with Gasteiger partial charge in [-0.15, -0.1) is 16.4 Å². The molecule has 0 unspecified atom stereocenters. The maximum Gasteiger partial charge on any atom is 0.239 e. The third-order valence-electron chi connectivity index (χ3n) is 1.61. The zero-order valence-electron chi connectivity index (χ0n) is 7.14. The van der Waals surface area contributed by atoms with Crippen LogP contribution in [0.5, 0.6) is 0 Å². The standard InChI is InChI=1S/C7H9N5S/c1-2-5-3-13-7(10-5)12-4-9-6(8)11-12/h3-4H,2H2,1H3,(H2,8,11). The molecule has 6 heteroatoms. The number of anilines is 1. The minimum Gasteiger partial charge on any atom is -0.366 e. The molecule has 0 aliphatic rings. The Balaban J connectivity index is 2.35. The molecule has 0 atom stereocenters. The average Bonchev–Trinajstić information content (AvgIpc) is 2.71. The zero-order chi connectivity index (χ0) is 9.26. The highest BCUT2D eigenvalue weighted by atomic mass is 32.1. The minimum absolute atomic E-state index is 0.272. The lowest BCUT2D eigenvalue weighted by Gasteiger charge is -1.90. The molecule has 0 spiro atoms. The van der Waals surface area contributed by atoms with Gasteiger partial charge >= 0.3 is 0 Å². The molecule has 0 amide bonds. The Morgan fingerprint density at radius 3 is 3.00 bits per heavy atom. The van der Waals surface area contributed by atoms with Crippen molar-refractivity contribution in [1.29, 1.82) is 0 Å². The van der Waals surface area contributed by atoms with Crippen molar-refractivity contribution in [2.24, 2.45) is 0 Å². The van der Waals surface area contributed by atoms with E-state index in [1.54, 1.807) is 11.0 Å². The summed E-state index contributed by atoms with van der Waals surface area (Å²) < 4.78 is 1.58. The first-order chi connectivity index (χ1) is 6.29. The second-order valence-electron chi connectivity index (χ2n) is 2.52. The fourth-order valence-corrected chi connectivity index (χ4v) is 1.76. The van der Waals surface area contributed by atoms with Gasteiger partial charge < -0.3 is 5.73 Å². The smallest absolute Gasteiger partial charge is 0.239 e. The van der Waals surface area contributed by atoms with Gasteiger partial charge in [-0.25, -0.2) is 9.97 Å². The van der Waals surface area contributed by atoms with Crippen LogP contribution in [0.2, 0.25) is 0 Å². The van der Waals surface area contributed by atoms with E-state index in [1.165, 1.54) is 11.3 Å². The third-order valence-corrected chi connectivity index (χ3v) is 2.49. The van der Waals surface area contributed by atoms with Crippen molar-refractivity contribution in [2.75, 3.05) is 5.73 Å². The van der Waals surface area contributed by atoms with Gasteiger partial charge in [0.25, 0.3) is 0 Å². The van der Waals surface area contributed by atoms with Crippen molar-refractivity contribution in [3.8, 4) is 5.13 Å². The molecule has 2 aromatic heterocycles. The summed E-state index contributed by atoms with van der Waals surface area (Å²) in [5.41, 5.74) is 6.45. The lowest BCUT2D eigenvalue weighted by atomic mass is 10.4. The average molecular weight is 195 g/mol. The Labute approximate surface area is 79.2 Å². The van der Waals surface area contributed by atoms with E-state index in [-0.39, 0.29) is 5.95 Å². The van der Waals surface area contributed by atoms with Crippen LogP contribution in [0.1, 0.15) is 12.6 Å². The minimum atomic E-state index is 0.272. The fraction of sp³-hybridized carbons (Fsp3) is 0.286. The lowest BCUT2D eigenvalue weighted by molar-refractivity contribution is 0.861. The summed E-state index contributed by atoms with van der Waals surface area (Å²) in [6.07, 6.45) is 2.49. The predicted molar refractivity (Wildman–Crippen MR) is 50.8 cm³/mol. The molecule has 0 saturated carbocycles. The van der Waals surface area contributed by atoms with Gasteiger partial charge in [0.15, 0.2) is 0 Å². The van der Waals surface area contributed by atoms with Crippen molar-refractivity contribution in [1.82, 2.24) is 19.7 Å². The van der Waals surface area contributed by atoms with E-state index in [1.807, 2.05) is 5.38 Å². The van der Waals surface area contributed by atoms with Crippen molar-refractivity contribution in [3.63, 3.8) is 0 Å². The third kappa shape index (κ3) is 1.52. The van der Waals surface area contributed by atoms with Gasteiger partial charge in [0.2, 0.25) is 11.1 Å². The molecule has 2 rings (SSSR count). The highest BCUT2D eigenvalue weighted by Crippen LogP contribution is 2.13. The quantitative estimate of drug-likeness (QED) is 0.771. The summed E-state index contributed by atoms with van der Waals surface area (Å²) in [6, 6.07) is 0. The largest absolute Gasteiger partial charge is 0.366 e. The molecular weight excluding hydrogens is 186 g/mol. The first kappa shape index (κ1) is 8.18. The van der Waals surface area contributed by atoms with Gasteiger partial charge in [-0.3, -0.25) is 0 Å². The first-order valence-corrected chi connectivity index (χ1v) is 4.79. The molecule has 13 heavy (non-hydrogen) atoms. The van der Waals surface area contributed by atoms with E-state index < -0.39 is 0 Å². The second-order valence-corrected chi connectivity index (χ2v) is 3.36. The van der Waals surface area contributed by atoms with Crippen LogP contribution < -0.4 is 5.73 Å². The van der Waals surface area contributed by atoms with Gasteiger partial charge in [-0.1, -0.05) is 6.92 Å². The number of hydrogen-bond acceptors (Lipinski definition) is 5. The van der Waals surface area contributed by atoms with Gasteiger partial charge in [0, 0.05) is 5.38 Å². The SMILES string of the molecule is CCc1csc(-n2cnc(N)n2)n1. The summed E-state index contributed by atoms with van der Waals surface area (Å²) >= 11 is 1.53. The van der Waals surface area contributed by atoms with Crippen LogP contribution in [0, 0.1) is 0 Å². The van der Waals surface area contributed by atoms with Crippen molar-refractivity contribution < 1.29 is 0 Å². The van der Waals surface area contributed by atoms with Gasteiger partial charge in [0.1, 0.15) is 6.33 Å². The monoisotopic (exact) mass is 195 g/mol. The Kier molecular flexibility index (Phi) is 1.97. The Bertz CT molecular complexity index is 404. The van der Waals surface area contributed by atoms with E-state index in [0.29, 0.717) is 0 Å². The summed E-state index contributed by atoms with van der Waals surface area (Å²) in [5, 5.41) is 6.77. The van der Waals surface area contributed by atoms with E-state index in [9.17, 15) is 0 Å². The number of thiazole rings is 1. The molecule has 0 saturated heterocycles. The summed E-state index contributed by atoms with van der Waals surface area (Å²) in [6.45, 7) is 2.06. The van der Waals surface area contributed by atoms with Crippen LogP contribution in [-0.2, 0) is 6.42 Å². The molecule has 0 fully saturated rings. The number of rotatable bonds is 2. The van der Waals surface area contributed by atoms with Crippen LogP contribution in [0.3, 0.4) is 0 Å². The second kappa shape index (κ2) is 3.14. The molecule has 0 aromatic carbocycles. The predicted octanol–water partition coefficient (Wildman–Crippen LogP) is 0.868. The highest BCUT2D eigenvalue weighted by Gasteiger charge is 2.04. The summed E-state index contributed by atoms with van der Waals surface area (Å²) in [5.74, 6) is 0.272. The maximum atomic E-state index is 5.39. The van der Waals surface area contributed by atoms with Crippen molar-refractivity contribution in [3.05, 3.63) is 17.4 Å². The molecule has 0 bridgehead atoms. The van der Waals surface area contributed by atoms with Crippen LogP contribution in [0.15, 0.2) is 11.7 Å². The molecule has 2 heterocycles. The van der Waals surface area contributed by atoms with E-state index in [2.05, 4.69) is 22.0 Å². The Morgan fingerprint density at radius 1 is 1.62 bits per heavy atom. The van der Waals surface area contributed by atoms with E-state index >= 15 is 0 Å². The van der Waals surface area contributed by atoms with Gasteiger partial charge in [0.05, 0.1) is 5.69 Å². The lowest BCUT2D eigenvalue weighted by Crippen LogP contribution is -1.95. The van der Waals surface area contributed by atoms with Crippen LogP contribution >= 0.6 is 11.3 Å². The molecule has 5 nitrogen and oxygen atoms in total. The molecule has 2 N–H and O–H groups in total. The van der Waals surface area contributed by atoms with E-state index in [0.717, 1.165) is 17.2 Å². The van der Waals surface area contributed by atoms with Crippen LogP contribution in [-0.4, -0.2) is 19.7 Å².